The fraction of sp³-hybridized carbons (Fsp3) is 0.238. The summed E-state index contributed by atoms with van der Waals surface area (Å²) in [6, 6.07) is 18.3. The van der Waals surface area contributed by atoms with Gasteiger partial charge in [-0.1, -0.05) is 42.5 Å². The van der Waals surface area contributed by atoms with Gasteiger partial charge in [0.2, 0.25) is 0 Å². The third-order valence-corrected chi connectivity index (χ3v) is 3.66. The van der Waals surface area contributed by atoms with Crippen molar-refractivity contribution in [2.45, 2.75) is 13.2 Å². The highest BCUT2D eigenvalue weighted by Crippen LogP contribution is 2.18. The first-order valence-electron chi connectivity index (χ1n) is 7.61. The maximum absolute atomic E-state index is 5.88. The monoisotopic (exact) mass is 304 g/mol. The van der Waals surface area contributed by atoms with E-state index in [-0.39, 0.29) is 0 Å². The Morgan fingerprint density at radius 3 is 2.22 bits per heavy atom. The van der Waals surface area contributed by atoms with E-state index in [0.29, 0.717) is 24.2 Å². The summed E-state index contributed by atoms with van der Waals surface area (Å²) in [6.45, 7) is 2.57. The maximum Gasteiger partial charge on any atom is 0.141 e. The quantitative estimate of drug-likeness (QED) is 0.562. The lowest BCUT2D eigenvalue weighted by Gasteiger charge is -2.30. The molecule has 2 nitrogen and oxygen atoms in total. The second-order valence-electron chi connectivity index (χ2n) is 5.92. The lowest BCUT2D eigenvalue weighted by atomic mass is 10.1. The molecule has 2 rings (SSSR count). The molecule has 0 aliphatic heterocycles. The van der Waals surface area contributed by atoms with Crippen LogP contribution in [-0.2, 0) is 13.2 Å². The van der Waals surface area contributed by atoms with Crippen LogP contribution in [0.15, 0.2) is 54.6 Å². The Hall–Kier alpha value is -2.68. The molecule has 23 heavy (non-hydrogen) atoms. The topological polar surface area (TPSA) is 9.23 Å². The fourth-order valence-electron chi connectivity index (χ4n) is 2.52. The van der Waals surface area contributed by atoms with Gasteiger partial charge in [0.1, 0.15) is 32.0 Å². The summed E-state index contributed by atoms with van der Waals surface area (Å²) >= 11 is 0. The molecule has 0 aliphatic rings. The van der Waals surface area contributed by atoms with Crippen LogP contribution in [0.2, 0.25) is 0 Å². The molecule has 2 aromatic carbocycles. The number of rotatable bonds is 7. The summed E-state index contributed by atoms with van der Waals surface area (Å²) in [5.74, 6) is 6.30. The lowest BCUT2D eigenvalue weighted by molar-refractivity contribution is -0.909. The van der Waals surface area contributed by atoms with Crippen LogP contribution in [0.4, 0.5) is 0 Å². The van der Waals surface area contributed by atoms with Gasteiger partial charge in [-0.15, -0.1) is 12.8 Å². The first-order chi connectivity index (χ1) is 11.1. The molecular formula is C21H22NO+. The van der Waals surface area contributed by atoms with Crippen molar-refractivity contribution in [3.05, 3.63) is 65.7 Å². The van der Waals surface area contributed by atoms with Gasteiger partial charge in [-0.2, -0.15) is 0 Å². The maximum atomic E-state index is 5.88. The van der Waals surface area contributed by atoms with Crippen molar-refractivity contribution < 1.29 is 9.22 Å². The molecule has 2 heteroatoms. The van der Waals surface area contributed by atoms with Crippen molar-refractivity contribution in [1.82, 2.24) is 0 Å². The first-order valence-corrected chi connectivity index (χ1v) is 7.61. The Morgan fingerprint density at radius 2 is 1.57 bits per heavy atom. The Morgan fingerprint density at radius 1 is 0.913 bits per heavy atom. The number of quaternary nitrogens is 1. The van der Waals surface area contributed by atoms with Crippen molar-refractivity contribution in [3.63, 3.8) is 0 Å². The fourth-order valence-corrected chi connectivity index (χ4v) is 2.52. The van der Waals surface area contributed by atoms with Gasteiger partial charge in [0.15, 0.2) is 0 Å². The average Bonchev–Trinajstić information content (AvgIpc) is 2.54. The van der Waals surface area contributed by atoms with Crippen molar-refractivity contribution in [2.75, 3.05) is 20.1 Å². The zero-order chi connectivity index (χ0) is 16.5. The van der Waals surface area contributed by atoms with Crippen molar-refractivity contribution >= 4 is 0 Å². The van der Waals surface area contributed by atoms with Crippen LogP contribution in [0, 0.1) is 24.7 Å². The Kier molecular flexibility index (Phi) is 5.87. The predicted molar refractivity (Wildman–Crippen MR) is 94.5 cm³/mol. The number of hydrogen-bond acceptors (Lipinski definition) is 1. The largest absolute Gasteiger partial charge is 0.489 e. The Labute approximate surface area is 139 Å². The Bertz CT molecular complexity index is 691. The van der Waals surface area contributed by atoms with Crippen molar-refractivity contribution in [3.8, 4) is 30.4 Å². The van der Waals surface area contributed by atoms with E-state index >= 15 is 0 Å². The van der Waals surface area contributed by atoms with Gasteiger partial charge in [0, 0.05) is 5.56 Å². The van der Waals surface area contributed by atoms with Crippen LogP contribution in [0.25, 0.3) is 0 Å². The smallest absolute Gasteiger partial charge is 0.141 e. The molecule has 0 aromatic heterocycles. The van der Waals surface area contributed by atoms with Gasteiger partial charge in [-0.05, 0) is 29.5 Å². The molecule has 0 bridgehead atoms. The molecular weight excluding hydrogens is 282 g/mol. The minimum atomic E-state index is 0.561. The van der Waals surface area contributed by atoms with Crippen LogP contribution >= 0.6 is 0 Å². The van der Waals surface area contributed by atoms with Crippen LogP contribution in [0.1, 0.15) is 11.1 Å². The molecule has 0 fully saturated rings. The van der Waals surface area contributed by atoms with E-state index in [9.17, 15) is 0 Å². The summed E-state index contributed by atoms with van der Waals surface area (Å²) < 4.78 is 6.51. The van der Waals surface area contributed by atoms with Crippen molar-refractivity contribution in [2.24, 2.45) is 0 Å². The van der Waals surface area contributed by atoms with Gasteiger partial charge in [-0.25, -0.2) is 0 Å². The molecule has 0 unspecified atom stereocenters. The summed E-state index contributed by atoms with van der Waals surface area (Å²) in [7, 11) is 2.08. The lowest BCUT2D eigenvalue weighted by Crippen LogP contribution is -2.43. The molecule has 0 N–H and O–H groups in total. The standard InChI is InChI=1S/C21H22NO/c1-4-14-22(3,15-5-2)17-20-12-9-13-21(16-20)23-18-19-10-7-6-8-11-19/h1-2,6-13,16H,14-15,17-18H2,3H3/q+1. The van der Waals surface area contributed by atoms with E-state index in [0.717, 1.165) is 17.9 Å². The number of hydrogen-bond donors (Lipinski definition) is 0. The molecule has 116 valence electrons. The van der Waals surface area contributed by atoms with Crippen molar-refractivity contribution in [1.29, 1.82) is 0 Å². The number of ether oxygens (including phenoxy) is 1. The highest BCUT2D eigenvalue weighted by molar-refractivity contribution is 5.28. The molecule has 0 saturated heterocycles. The van der Waals surface area contributed by atoms with Crippen LogP contribution in [0.3, 0.4) is 0 Å². The third-order valence-electron chi connectivity index (χ3n) is 3.66. The van der Waals surface area contributed by atoms with Gasteiger partial charge < -0.3 is 9.22 Å². The van der Waals surface area contributed by atoms with E-state index in [1.165, 1.54) is 5.56 Å². The van der Waals surface area contributed by atoms with E-state index < -0.39 is 0 Å². The predicted octanol–water partition coefficient (Wildman–Crippen LogP) is 3.48. The van der Waals surface area contributed by atoms with Crippen LogP contribution in [0.5, 0.6) is 5.75 Å². The summed E-state index contributed by atoms with van der Waals surface area (Å²) in [4.78, 5) is 0. The number of terminal acetylenes is 2. The van der Waals surface area contributed by atoms with Gasteiger partial charge >= 0.3 is 0 Å². The first kappa shape index (κ1) is 16.7. The molecule has 0 radical (unpaired) electrons. The zero-order valence-corrected chi connectivity index (χ0v) is 13.5. The molecule has 2 aromatic rings. The Balaban J connectivity index is 2.04. The van der Waals surface area contributed by atoms with E-state index in [1.54, 1.807) is 0 Å². The number of nitrogens with zero attached hydrogens (tertiary/aromatic N) is 1. The molecule has 0 saturated carbocycles. The van der Waals surface area contributed by atoms with Gasteiger partial charge in [0.05, 0.1) is 7.05 Å². The molecule has 0 spiro atoms. The van der Waals surface area contributed by atoms with E-state index in [1.807, 2.05) is 30.3 Å². The van der Waals surface area contributed by atoms with E-state index in [2.05, 4.69) is 43.2 Å². The third kappa shape index (κ3) is 5.22. The molecule has 0 atom stereocenters. The van der Waals surface area contributed by atoms with Crippen LogP contribution in [-0.4, -0.2) is 24.6 Å². The van der Waals surface area contributed by atoms with E-state index in [4.69, 9.17) is 17.6 Å². The highest BCUT2D eigenvalue weighted by Gasteiger charge is 2.19. The summed E-state index contributed by atoms with van der Waals surface area (Å²) in [6.07, 6.45) is 11.0. The summed E-state index contributed by atoms with van der Waals surface area (Å²) in [5.41, 5.74) is 2.32. The van der Waals surface area contributed by atoms with Crippen LogP contribution < -0.4 is 4.74 Å². The number of benzene rings is 2. The summed E-state index contributed by atoms with van der Waals surface area (Å²) in [5, 5.41) is 0. The molecule has 0 heterocycles. The second-order valence-corrected chi connectivity index (χ2v) is 5.92. The minimum Gasteiger partial charge on any atom is -0.489 e. The van der Waals surface area contributed by atoms with Gasteiger partial charge in [-0.3, -0.25) is 0 Å². The van der Waals surface area contributed by atoms with Gasteiger partial charge in [0.25, 0.3) is 0 Å². The SMILES string of the molecule is C#CC[N+](C)(CC#C)Cc1cccc(OCc2ccccc2)c1. The highest BCUT2D eigenvalue weighted by atomic mass is 16.5. The average molecular weight is 304 g/mol. The zero-order valence-electron chi connectivity index (χ0n) is 13.5. The molecule has 0 amide bonds. The minimum absolute atomic E-state index is 0.561. The normalized spacial score (nSPS) is 10.6. The second kappa shape index (κ2) is 8.08. The molecule has 0 aliphatic carbocycles.